The summed E-state index contributed by atoms with van der Waals surface area (Å²) in [6, 6.07) is 0. The van der Waals surface area contributed by atoms with Crippen molar-refractivity contribution in [3.8, 4) is 0 Å². The Hall–Kier alpha value is 0. The second-order valence-electron chi connectivity index (χ2n) is 6.46. The SMILES string of the molecule is CCCCCCC(C)CCCCCCC(C)CC. The van der Waals surface area contributed by atoms with Crippen LogP contribution >= 0.6 is 0 Å². The van der Waals surface area contributed by atoms with Gasteiger partial charge in [-0.1, -0.05) is 105 Å². The molecule has 0 nitrogen and oxygen atoms in total. The standard InChI is InChI=1S/C18H38/c1-5-7-8-11-15-18(4)16-13-10-9-12-14-17(3)6-2/h17-18H,5-16H2,1-4H3. The van der Waals surface area contributed by atoms with Gasteiger partial charge in [-0.25, -0.2) is 0 Å². The summed E-state index contributed by atoms with van der Waals surface area (Å²) in [5.41, 5.74) is 0. The fourth-order valence-corrected chi connectivity index (χ4v) is 2.61. The zero-order chi connectivity index (χ0) is 13.6. The van der Waals surface area contributed by atoms with E-state index in [-0.39, 0.29) is 0 Å². The lowest BCUT2D eigenvalue weighted by Gasteiger charge is -2.11. The van der Waals surface area contributed by atoms with E-state index in [1.165, 1.54) is 77.0 Å². The molecule has 0 heteroatoms. The van der Waals surface area contributed by atoms with Crippen LogP contribution in [0.25, 0.3) is 0 Å². The van der Waals surface area contributed by atoms with Crippen LogP contribution in [0.1, 0.15) is 105 Å². The molecule has 0 spiro atoms. The van der Waals surface area contributed by atoms with Crippen molar-refractivity contribution in [2.75, 3.05) is 0 Å². The highest BCUT2D eigenvalue weighted by Crippen LogP contribution is 2.18. The van der Waals surface area contributed by atoms with Gasteiger partial charge in [0.1, 0.15) is 0 Å². The molecule has 0 saturated carbocycles. The van der Waals surface area contributed by atoms with E-state index in [9.17, 15) is 0 Å². The Morgan fingerprint density at radius 1 is 0.556 bits per heavy atom. The van der Waals surface area contributed by atoms with Crippen LogP contribution in [0.4, 0.5) is 0 Å². The summed E-state index contributed by atoms with van der Waals surface area (Å²) in [6.07, 6.45) is 17.3. The monoisotopic (exact) mass is 254 g/mol. The van der Waals surface area contributed by atoms with Crippen LogP contribution in [0.15, 0.2) is 0 Å². The van der Waals surface area contributed by atoms with Crippen LogP contribution in [0.3, 0.4) is 0 Å². The molecule has 2 unspecified atom stereocenters. The maximum Gasteiger partial charge on any atom is -0.0443 e. The first-order valence-corrected chi connectivity index (χ1v) is 8.70. The quantitative estimate of drug-likeness (QED) is 0.311. The topological polar surface area (TPSA) is 0 Å². The number of hydrogen-bond acceptors (Lipinski definition) is 0. The first-order valence-electron chi connectivity index (χ1n) is 8.70. The molecule has 18 heavy (non-hydrogen) atoms. The molecule has 0 rings (SSSR count). The van der Waals surface area contributed by atoms with Crippen molar-refractivity contribution in [3.05, 3.63) is 0 Å². The minimum absolute atomic E-state index is 0.947. The molecule has 0 aromatic heterocycles. The van der Waals surface area contributed by atoms with E-state index >= 15 is 0 Å². The van der Waals surface area contributed by atoms with Crippen LogP contribution in [0.2, 0.25) is 0 Å². The Balaban J connectivity index is 3.17. The molecule has 0 saturated heterocycles. The molecule has 110 valence electrons. The van der Waals surface area contributed by atoms with Gasteiger partial charge in [-0.05, 0) is 11.8 Å². The van der Waals surface area contributed by atoms with E-state index in [2.05, 4.69) is 27.7 Å². The molecular formula is C18H38. The second kappa shape index (κ2) is 13.4. The molecule has 0 aliphatic rings. The van der Waals surface area contributed by atoms with Gasteiger partial charge in [-0.15, -0.1) is 0 Å². The third-order valence-corrected chi connectivity index (χ3v) is 4.39. The van der Waals surface area contributed by atoms with Crippen LogP contribution < -0.4 is 0 Å². The smallest absolute Gasteiger partial charge is 0.0443 e. The van der Waals surface area contributed by atoms with Crippen molar-refractivity contribution in [1.82, 2.24) is 0 Å². The Kier molecular flexibility index (Phi) is 13.4. The number of hydrogen-bond donors (Lipinski definition) is 0. The third-order valence-electron chi connectivity index (χ3n) is 4.39. The van der Waals surface area contributed by atoms with Crippen molar-refractivity contribution in [1.29, 1.82) is 0 Å². The number of rotatable bonds is 13. The Labute approximate surface area is 117 Å². The molecule has 0 amide bonds. The fourth-order valence-electron chi connectivity index (χ4n) is 2.61. The molecule has 0 N–H and O–H groups in total. The van der Waals surface area contributed by atoms with Gasteiger partial charge in [0, 0.05) is 0 Å². The van der Waals surface area contributed by atoms with E-state index in [1.807, 2.05) is 0 Å². The van der Waals surface area contributed by atoms with Crippen LogP contribution in [-0.2, 0) is 0 Å². The molecular weight excluding hydrogens is 216 g/mol. The van der Waals surface area contributed by atoms with Crippen molar-refractivity contribution in [2.45, 2.75) is 105 Å². The summed E-state index contributed by atoms with van der Waals surface area (Å²) in [7, 11) is 0. The molecule has 0 aromatic carbocycles. The van der Waals surface area contributed by atoms with Crippen LogP contribution in [-0.4, -0.2) is 0 Å². The van der Waals surface area contributed by atoms with Gasteiger partial charge in [-0.3, -0.25) is 0 Å². The van der Waals surface area contributed by atoms with Gasteiger partial charge >= 0.3 is 0 Å². The molecule has 2 atom stereocenters. The number of unbranched alkanes of at least 4 members (excludes halogenated alkanes) is 6. The highest BCUT2D eigenvalue weighted by molar-refractivity contribution is 4.56. The summed E-state index contributed by atoms with van der Waals surface area (Å²) in [5.74, 6) is 1.92. The Morgan fingerprint density at radius 3 is 1.44 bits per heavy atom. The zero-order valence-corrected chi connectivity index (χ0v) is 13.6. The van der Waals surface area contributed by atoms with Gasteiger partial charge in [-0.2, -0.15) is 0 Å². The highest BCUT2D eigenvalue weighted by Gasteiger charge is 2.02. The molecule has 0 heterocycles. The summed E-state index contributed by atoms with van der Waals surface area (Å²) in [4.78, 5) is 0. The minimum atomic E-state index is 0.947. The van der Waals surface area contributed by atoms with Crippen molar-refractivity contribution in [3.63, 3.8) is 0 Å². The largest absolute Gasteiger partial charge is 0.0654 e. The van der Waals surface area contributed by atoms with Gasteiger partial charge in [0.25, 0.3) is 0 Å². The van der Waals surface area contributed by atoms with E-state index in [0.29, 0.717) is 0 Å². The van der Waals surface area contributed by atoms with Gasteiger partial charge in [0.2, 0.25) is 0 Å². The fraction of sp³-hybridized carbons (Fsp3) is 1.00. The summed E-state index contributed by atoms with van der Waals surface area (Å²) in [6.45, 7) is 9.44. The molecule has 0 radical (unpaired) electrons. The van der Waals surface area contributed by atoms with Crippen molar-refractivity contribution < 1.29 is 0 Å². The first kappa shape index (κ1) is 18.0. The molecule has 0 aromatic rings. The Bertz CT molecular complexity index is 150. The lowest BCUT2D eigenvalue weighted by Crippen LogP contribution is -1.95. The Morgan fingerprint density at radius 2 is 1.00 bits per heavy atom. The minimum Gasteiger partial charge on any atom is -0.0654 e. The lowest BCUT2D eigenvalue weighted by molar-refractivity contribution is 0.425. The van der Waals surface area contributed by atoms with Gasteiger partial charge in [0.05, 0.1) is 0 Å². The van der Waals surface area contributed by atoms with Crippen LogP contribution in [0.5, 0.6) is 0 Å². The average Bonchev–Trinajstić information content (AvgIpc) is 2.38. The molecule has 0 bridgehead atoms. The molecule has 0 aliphatic heterocycles. The van der Waals surface area contributed by atoms with E-state index in [4.69, 9.17) is 0 Å². The van der Waals surface area contributed by atoms with Gasteiger partial charge < -0.3 is 0 Å². The predicted molar refractivity (Wildman–Crippen MR) is 85.1 cm³/mol. The molecule has 0 aliphatic carbocycles. The van der Waals surface area contributed by atoms with Crippen molar-refractivity contribution in [2.24, 2.45) is 11.8 Å². The highest BCUT2D eigenvalue weighted by atomic mass is 14.1. The maximum atomic E-state index is 2.45. The van der Waals surface area contributed by atoms with Crippen LogP contribution in [0, 0.1) is 11.8 Å². The van der Waals surface area contributed by atoms with E-state index in [0.717, 1.165) is 11.8 Å². The van der Waals surface area contributed by atoms with Crippen molar-refractivity contribution >= 4 is 0 Å². The maximum absolute atomic E-state index is 2.45. The summed E-state index contributed by atoms with van der Waals surface area (Å²) < 4.78 is 0. The first-order chi connectivity index (χ1) is 8.70. The second-order valence-corrected chi connectivity index (χ2v) is 6.46. The predicted octanol–water partition coefficient (Wildman–Crippen LogP) is 6.98. The third kappa shape index (κ3) is 12.5. The summed E-state index contributed by atoms with van der Waals surface area (Å²) >= 11 is 0. The average molecular weight is 255 g/mol. The van der Waals surface area contributed by atoms with E-state index in [1.54, 1.807) is 0 Å². The lowest BCUT2D eigenvalue weighted by atomic mass is 9.95. The van der Waals surface area contributed by atoms with E-state index < -0.39 is 0 Å². The molecule has 0 fully saturated rings. The summed E-state index contributed by atoms with van der Waals surface area (Å²) in [5, 5.41) is 0. The van der Waals surface area contributed by atoms with Gasteiger partial charge in [0.15, 0.2) is 0 Å². The normalized spacial score (nSPS) is 14.7. The zero-order valence-electron chi connectivity index (χ0n) is 13.6.